The number of nitrogens with zero attached hydrogens (tertiary/aromatic N) is 6. The Morgan fingerprint density at radius 2 is 2.00 bits per heavy atom. The first-order valence-corrected chi connectivity index (χ1v) is 6.24. The standard InChI is InChI=1S/C13H11N7O/c14-18-15-11(12(21)13-16-19-20-17-13)10-6-5-8-3-1-2-4-9(8)7-10/h1-7,11-12,21H,(H,16,17,19,20)/t11-,12-/m0/s1. The van der Waals surface area contributed by atoms with Crippen LogP contribution in [0.3, 0.4) is 0 Å². The molecule has 3 aromatic rings. The molecule has 8 heteroatoms. The molecule has 2 atom stereocenters. The summed E-state index contributed by atoms with van der Waals surface area (Å²) < 4.78 is 0. The SMILES string of the molecule is [N-]=[N+]=N[C@@H](c1ccc2ccccc2c1)[C@H](O)c1nnn[nH]1. The lowest BCUT2D eigenvalue weighted by Gasteiger charge is -2.16. The van der Waals surface area contributed by atoms with Crippen molar-refractivity contribution in [3.05, 3.63) is 64.3 Å². The van der Waals surface area contributed by atoms with E-state index < -0.39 is 12.1 Å². The molecule has 2 aromatic carbocycles. The zero-order valence-electron chi connectivity index (χ0n) is 10.8. The van der Waals surface area contributed by atoms with E-state index in [1.54, 1.807) is 0 Å². The van der Waals surface area contributed by atoms with Gasteiger partial charge in [0.15, 0.2) is 5.82 Å². The van der Waals surface area contributed by atoms with E-state index in [1.165, 1.54) is 0 Å². The molecule has 0 spiro atoms. The third-order valence-electron chi connectivity index (χ3n) is 3.23. The van der Waals surface area contributed by atoms with Gasteiger partial charge in [-0.3, -0.25) is 0 Å². The normalized spacial score (nSPS) is 13.6. The first-order chi connectivity index (χ1) is 10.3. The number of fused-ring (bicyclic) bond motifs is 1. The van der Waals surface area contributed by atoms with Crippen LogP contribution in [0.15, 0.2) is 47.6 Å². The number of aliphatic hydroxyl groups excluding tert-OH is 1. The molecule has 0 saturated heterocycles. The summed E-state index contributed by atoms with van der Waals surface area (Å²) in [7, 11) is 0. The number of hydrogen-bond acceptors (Lipinski definition) is 5. The fraction of sp³-hybridized carbons (Fsp3) is 0.154. The van der Waals surface area contributed by atoms with Crippen LogP contribution in [-0.4, -0.2) is 25.7 Å². The van der Waals surface area contributed by atoms with Gasteiger partial charge in [-0.25, -0.2) is 5.10 Å². The second-order valence-electron chi connectivity index (χ2n) is 4.49. The Balaban J connectivity index is 2.04. The van der Waals surface area contributed by atoms with Gasteiger partial charge in [0.1, 0.15) is 6.10 Å². The summed E-state index contributed by atoms with van der Waals surface area (Å²) in [6, 6.07) is 12.6. The van der Waals surface area contributed by atoms with Gasteiger partial charge in [-0.1, -0.05) is 47.6 Å². The number of azide groups is 1. The summed E-state index contributed by atoms with van der Waals surface area (Å²) >= 11 is 0. The van der Waals surface area contributed by atoms with E-state index in [0.717, 1.165) is 10.8 Å². The predicted molar refractivity (Wildman–Crippen MR) is 75.0 cm³/mol. The monoisotopic (exact) mass is 281 g/mol. The molecule has 1 aromatic heterocycles. The van der Waals surface area contributed by atoms with Gasteiger partial charge >= 0.3 is 0 Å². The third-order valence-corrected chi connectivity index (χ3v) is 3.23. The molecule has 0 fully saturated rings. The molecule has 104 valence electrons. The largest absolute Gasteiger partial charge is 0.384 e. The second kappa shape index (κ2) is 5.58. The summed E-state index contributed by atoms with van der Waals surface area (Å²) in [4.78, 5) is 2.81. The van der Waals surface area contributed by atoms with Gasteiger partial charge in [-0.15, -0.1) is 5.10 Å². The number of H-pyrrole nitrogens is 1. The van der Waals surface area contributed by atoms with Crippen molar-refractivity contribution >= 4 is 10.8 Å². The lowest BCUT2D eigenvalue weighted by atomic mass is 9.98. The molecular formula is C13H11N7O. The van der Waals surface area contributed by atoms with Crippen molar-refractivity contribution in [2.45, 2.75) is 12.1 Å². The molecule has 0 aliphatic rings. The van der Waals surface area contributed by atoms with Crippen molar-refractivity contribution in [1.82, 2.24) is 20.6 Å². The molecular weight excluding hydrogens is 270 g/mol. The average Bonchev–Trinajstić information content (AvgIpc) is 3.06. The van der Waals surface area contributed by atoms with E-state index in [1.807, 2.05) is 42.5 Å². The first kappa shape index (κ1) is 13.0. The van der Waals surface area contributed by atoms with E-state index in [9.17, 15) is 5.11 Å². The number of hydrogen-bond donors (Lipinski definition) is 2. The van der Waals surface area contributed by atoms with Crippen molar-refractivity contribution in [2.24, 2.45) is 5.11 Å². The third kappa shape index (κ3) is 2.53. The maximum absolute atomic E-state index is 10.3. The van der Waals surface area contributed by atoms with Crippen LogP contribution in [0.5, 0.6) is 0 Å². The van der Waals surface area contributed by atoms with Crippen LogP contribution in [0.1, 0.15) is 23.5 Å². The van der Waals surface area contributed by atoms with Crippen molar-refractivity contribution < 1.29 is 5.11 Å². The van der Waals surface area contributed by atoms with E-state index in [-0.39, 0.29) is 5.82 Å². The number of benzene rings is 2. The Morgan fingerprint density at radius 3 is 2.71 bits per heavy atom. The maximum Gasteiger partial charge on any atom is 0.178 e. The number of rotatable bonds is 4. The highest BCUT2D eigenvalue weighted by atomic mass is 16.3. The number of tetrazole rings is 1. The molecule has 0 saturated carbocycles. The van der Waals surface area contributed by atoms with Gasteiger partial charge in [0.25, 0.3) is 0 Å². The summed E-state index contributed by atoms with van der Waals surface area (Å²) in [6.07, 6.45) is -1.14. The van der Waals surface area contributed by atoms with Crippen LogP contribution >= 0.6 is 0 Å². The Labute approximate surface area is 119 Å². The Bertz CT molecular complexity index is 795. The molecule has 0 unspecified atom stereocenters. The van der Waals surface area contributed by atoms with Crippen LogP contribution in [0.2, 0.25) is 0 Å². The van der Waals surface area contributed by atoms with Crippen LogP contribution < -0.4 is 0 Å². The minimum Gasteiger partial charge on any atom is -0.384 e. The Morgan fingerprint density at radius 1 is 1.19 bits per heavy atom. The fourth-order valence-electron chi connectivity index (χ4n) is 2.20. The average molecular weight is 281 g/mol. The molecule has 1 heterocycles. The summed E-state index contributed by atoms with van der Waals surface area (Å²) in [5, 5.41) is 29.0. The van der Waals surface area contributed by atoms with E-state index >= 15 is 0 Å². The van der Waals surface area contributed by atoms with Gasteiger partial charge in [0.2, 0.25) is 0 Å². The minimum absolute atomic E-state index is 0.153. The predicted octanol–water partition coefficient (Wildman–Crippen LogP) is 2.44. The van der Waals surface area contributed by atoms with E-state index in [4.69, 9.17) is 5.53 Å². The fourth-order valence-corrected chi connectivity index (χ4v) is 2.20. The lowest BCUT2D eigenvalue weighted by Crippen LogP contribution is -2.10. The minimum atomic E-state index is -1.14. The molecule has 21 heavy (non-hydrogen) atoms. The molecule has 0 radical (unpaired) electrons. The second-order valence-corrected chi connectivity index (χ2v) is 4.49. The van der Waals surface area contributed by atoms with Gasteiger partial charge in [0, 0.05) is 4.91 Å². The highest BCUT2D eigenvalue weighted by Gasteiger charge is 2.24. The molecule has 0 aliphatic heterocycles. The van der Waals surface area contributed by atoms with Crippen molar-refractivity contribution in [1.29, 1.82) is 0 Å². The molecule has 0 bridgehead atoms. The number of nitrogens with one attached hydrogen (secondary N) is 1. The van der Waals surface area contributed by atoms with Crippen LogP contribution in [0.25, 0.3) is 21.2 Å². The van der Waals surface area contributed by atoms with E-state index in [0.29, 0.717) is 5.56 Å². The van der Waals surface area contributed by atoms with Gasteiger partial charge in [-0.05, 0) is 32.3 Å². The molecule has 8 nitrogen and oxygen atoms in total. The summed E-state index contributed by atoms with van der Waals surface area (Å²) in [5.41, 5.74) is 9.43. The number of aromatic nitrogens is 4. The molecule has 0 aliphatic carbocycles. The van der Waals surface area contributed by atoms with Gasteiger partial charge in [0.05, 0.1) is 6.04 Å². The Kier molecular flexibility index (Phi) is 3.46. The van der Waals surface area contributed by atoms with Crippen molar-refractivity contribution in [3.8, 4) is 0 Å². The quantitative estimate of drug-likeness (QED) is 0.433. The van der Waals surface area contributed by atoms with Crippen molar-refractivity contribution in [2.75, 3.05) is 0 Å². The summed E-state index contributed by atoms with van der Waals surface area (Å²) in [5.74, 6) is 0.153. The first-order valence-electron chi connectivity index (χ1n) is 6.24. The molecule has 0 amide bonds. The van der Waals surface area contributed by atoms with Gasteiger partial charge < -0.3 is 5.11 Å². The molecule has 2 N–H and O–H groups in total. The Hall–Kier alpha value is -2.96. The highest BCUT2D eigenvalue weighted by Crippen LogP contribution is 2.32. The van der Waals surface area contributed by atoms with Crippen LogP contribution in [0, 0.1) is 0 Å². The topological polar surface area (TPSA) is 123 Å². The smallest absolute Gasteiger partial charge is 0.178 e. The molecule has 3 rings (SSSR count). The number of aliphatic hydroxyl groups is 1. The summed E-state index contributed by atoms with van der Waals surface area (Å²) in [6.45, 7) is 0. The maximum atomic E-state index is 10.3. The van der Waals surface area contributed by atoms with Gasteiger partial charge in [-0.2, -0.15) is 0 Å². The zero-order valence-corrected chi connectivity index (χ0v) is 10.8. The highest BCUT2D eigenvalue weighted by molar-refractivity contribution is 5.83. The van der Waals surface area contributed by atoms with Crippen LogP contribution in [-0.2, 0) is 0 Å². The number of aromatic amines is 1. The van der Waals surface area contributed by atoms with Crippen molar-refractivity contribution in [3.63, 3.8) is 0 Å². The van der Waals surface area contributed by atoms with Crippen LogP contribution in [0.4, 0.5) is 0 Å². The zero-order chi connectivity index (χ0) is 14.7. The van der Waals surface area contributed by atoms with E-state index in [2.05, 4.69) is 30.7 Å². The lowest BCUT2D eigenvalue weighted by molar-refractivity contribution is 0.137.